The summed E-state index contributed by atoms with van der Waals surface area (Å²) >= 11 is 5.89. The molecule has 0 radical (unpaired) electrons. The van der Waals surface area contributed by atoms with Crippen LogP contribution in [0.2, 0.25) is 5.02 Å². The molecule has 0 aliphatic rings. The second-order valence-corrected chi connectivity index (χ2v) is 4.00. The first kappa shape index (κ1) is 11.0. The van der Waals surface area contributed by atoms with E-state index in [1.807, 2.05) is 0 Å². The molecule has 3 N–H and O–H groups in total. The van der Waals surface area contributed by atoms with E-state index >= 15 is 0 Å². The number of anilines is 1. The first-order chi connectivity index (χ1) is 7.59. The van der Waals surface area contributed by atoms with Gasteiger partial charge in [0.2, 0.25) is 0 Å². The average Bonchev–Trinajstić information content (AvgIpc) is 2.68. The summed E-state index contributed by atoms with van der Waals surface area (Å²) in [6.07, 6.45) is 2.54. The molecule has 2 rings (SSSR count). The van der Waals surface area contributed by atoms with Gasteiger partial charge in [-0.25, -0.2) is 0 Å². The number of aliphatic hydroxyl groups excluding tert-OH is 1. The lowest BCUT2D eigenvalue weighted by atomic mass is 10.0. The van der Waals surface area contributed by atoms with Crippen LogP contribution >= 0.6 is 11.6 Å². The summed E-state index contributed by atoms with van der Waals surface area (Å²) in [6, 6.07) is 5.20. The highest BCUT2D eigenvalue weighted by molar-refractivity contribution is 6.33. The maximum atomic E-state index is 10.1. The lowest BCUT2D eigenvalue weighted by Crippen LogP contribution is -2.03. The number of nitrogen functional groups attached to an aromatic ring is 1. The van der Waals surface area contributed by atoms with Gasteiger partial charge in [-0.2, -0.15) is 5.10 Å². The number of para-hydroxylation sites is 1. The van der Waals surface area contributed by atoms with Crippen molar-refractivity contribution >= 4 is 17.3 Å². The number of aliphatic hydroxyl groups is 1. The maximum absolute atomic E-state index is 10.1. The van der Waals surface area contributed by atoms with E-state index in [1.165, 1.54) is 0 Å². The molecule has 1 unspecified atom stereocenters. The summed E-state index contributed by atoms with van der Waals surface area (Å²) in [7, 11) is 1.79. The smallest absolute Gasteiger partial charge is 0.109 e. The second-order valence-electron chi connectivity index (χ2n) is 3.59. The molecular weight excluding hydrogens is 226 g/mol. The van der Waals surface area contributed by atoms with Crippen molar-refractivity contribution < 1.29 is 5.11 Å². The number of aromatic nitrogens is 2. The second kappa shape index (κ2) is 4.15. The van der Waals surface area contributed by atoms with Gasteiger partial charge in [-0.3, -0.25) is 4.68 Å². The number of hydrogen-bond donors (Lipinski definition) is 2. The molecule has 16 heavy (non-hydrogen) atoms. The van der Waals surface area contributed by atoms with E-state index in [0.717, 1.165) is 0 Å². The van der Waals surface area contributed by atoms with E-state index in [2.05, 4.69) is 5.10 Å². The van der Waals surface area contributed by atoms with Gasteiger partial charge in [0, 0.05) is 24.4 Å². The third kappa shape index (κ3) is 1.89. The highest BCUT2D eigenvalue weighted by Gasteiger charge is 2.16. The molecule has 4 nitrogen and oxygen atoms in total. The molecule has 0 aliphatic carbocycles. The molecule has 0 fully saturated rings. The van der Waals surface area contributed by atoms with Crippen molar-refractivity contribution in [2.24, 2.45) is 7.05 Å². The van der Waals surface area contributed by atoms with Crippen molar-refractivity contribution in [1.29, 1.82) is 0 Å². The number of nitrogens with zero attached hydrogens (tertiary/aromatic N) is 2. The molecule has 1 atom stereocenters. The fourth-order valence-corrected chi connectivity index (χ4v) is 1.73. The molecular formula is C11H12ClN3O. The molecule has 0 spiro atoms. The number of benzene rings is 1. The molecule has 84 valence electrons. The average molecular weight is 238 g/mol. The van der Waals surface area contributed by atoms with Crippen molar-refractivity contribution in [2.75, 3.05) is 5.73 Å². The Bertz CT molecular complexity index is 510. The monoisotopic (exact) mass is 237 g/mol. The Balaban J connectivity index is 2.41. The van der Waals surface area contributed by atoms with Crippen molar-refractivity contribution in [3.05, 3.63) is 46.7 Å². The van der Waals surface area contributed by atoms with Gasteiger partial charge in [0.1, 0.15) is 6.10 Å². The molecule has 0 amide bonds. The van der Waals surface area contributed by atoms with Crippen LogP contribution in [0, 0.1) is 0 Å². The standard InChI is InChI=1S/C11H12ClN3O/c1-15-6-7(5-14-15)11(16)8-3-2-4-9(12)10(8)13/h2-6,11,16H,13H2,1H3. The van der Waals surface area contributed by atoms with Crippen LogP contribution in [-0.4, -0.2) is 14.9 Å². The number of aryl methyl sites for hydroxylation is 1. The molecule has 0 bridgehead atoms. The topological polar surface area (TPSA) is 64.1 Å². The zero-order chi connectivity index (χ0) is 11.7. The normalized spacial score (nSPS) is 12.7. The van der Waals surface area contributed by atoms with E-state index in [1.54, 1.807) is 42.3 Å². The quantitative estimate of drug-likeness (QED) is 0.782. The summed E-state index contributed by atoms with van der Waals surface area (Å²) in [6.45, 7) is 0. The summed E-state index contributed by atoms with van der Waals surface area (Å²) < 4.78 is 1.62. The predicted octanol–water partition coefficient (Wildman–Crippen LogP) is 1.74. The number of hydrogen-bond acceptors (Lipinski definition) is 3. The van der Waals surface area contributed by atoms with Gasteiger partial charge in [-0.15, -0.1) is 0 Å². The lowest BCUT2D eigenvalue weighted by Gasteiger charge is -2.12. The molecule has 1 aromatic carbocycles. The van der Waals surface area contributed by atoms with Gasteiger partial charge in [0.25, 0.3) is 0 Å². The highest BCUT2D eigenvalue weighted by atomic mass is 35.5. The molecule has 1 heterocycles. The fraction of sp³-hybridized carbons (Fsp3) is 0.182. The molecule has 0 saturated heterocycles. The fourth-order valence-electron chi connectivity index (χ4n) is 1.55. The summed E-state index contributed by atoms with van der Waals surface area (Å²) in [5.41, 5.74) is 7.50. The molecule has 2 aromatic rings. The van der Waals surface area contributed by atoms with Crippen LogP contribution in [0.25, 0.3) is 0 Å². The summed E-state index contributed by atoms with van der Waals surface area (Å²) in [4.78, 5) is 0. The van der Waals surface area contributed by atoms with Crippen LogP contribution in [0.5, 0.6) is 0 Å². The minimum Gasteiger partial charge on any atom is -0.397 e. The van der Waals surface area contributed by atoms with Crippen LogP contribution in [-0.2, 0) is 7.05 Å². The van der Waals surface area contributed by atoms with Gasteiger partial charge in [0.15, 0.2) is 0 Å². The van der Waals surface area contributed by atoms with Crippen LogP contribution in [0.3, 0.4) is 0 Å². The van der Waals surface area contributed by atoms with E-state index in [0.29, 0.717) is 21.8 Å². The van der Waals surface area contributed by atoms with Gasteiger partial charge in [-0.05, 0) is 6.07 Å². The zero-order valence-electron chi connectivity index (χ0n) is 8.76. The minimum absolute atomic E-state index is 0.403. The van der Waals surface area contributed by atoms with Crippen molar-refractivity contribution in [2.45, 2.75) is 6.10 Å². The van der Waals surface area contributed by atoms with Gasteiger partial charge < -0.3 is 10.8 Å². The number of nitrogens with two attached hydrogens (primary N) is 1. The van der Waals surface area contributed by atoms with Gasteiger partial charge in [-0.1, -0.05) is 23.7 Å². The Hall–Kier alpha value is -1.52. The zero-order valence-corrected chi connectivity index (χ0v) is 9.52. The van der Waals surface area contributed by atoms with Crippen molar-refractivity contribution in [3.63, 3.8) is 0 Å². The summed E-state index contributed by atoms with van der Waals surface area (Å²) in [5, 5.41) is 14.6. The Labute approximate surface area is 98.3 Å². The third-order valence-corrected chi connectivity index (χ3v) is 2.75. The Kier molecular flexibility index (Phi) is 2.85. The van der Waals surface area contributed by atoms with E-state index in [4.69, 9.17) is 17.3 Å². The van der Waals surface area contributed by atoms with E-state index < -0.39 is 6.10 Å². The van der Waals surface area contributed by atoms with Crippen LogP contribution < -0.4 is 5.73 Å². The third-order valence-electron chi connectivity index (χ3n) is 2.42. The van der Waals surface area contributed by atoms with E-state index in [9.17, 15) is 5.11 Å². The predicted molar refractivity (Wildman–Crippen MR) is 63.1 cm³/mol. The first-order valence-electron chi connectivity index (χ1n) is 4.80. The molecule has 0 saturated carbocycles. The van der Waals surface area contributed by atoms with E-state index in [-0.39, 0.29) is 0 Å². The van der Waals surface area contributed by atoms with Crippen LogP contribution in [0.15, 0.2) is 30.6 Å². The SMILES string of the molecule is Cn1cc(C(O)c2cccc(Cl)c2N)cn1. The summed E-state index contributed by atoms with van der Waals surface area (Å²) in [5.74, 6) is 0. The lowest BCUT2D eigenvalue weighted by molar-refractivity contribution is 0.221. The molecule has 1 aromatic heterocycles. The molecule has 0 aliphatic heterocycles. The minimum atomic E-state index is -0.799. The Morgan fingerprint density at radius 3 is 2.88 bits per heavy atom. The van der Waals surface area contributed by atoms with Gasteiger partial charge in [0.05, 0.1) is 16.9 Å². The number of halogens is 1. The van der Waals surface area contributed by atoms with Crippen LogP contribution in [0.1, 0.15) is 17.2 Å². The van der Waals surface area contributed by atoms with Crippen molar-refractivity contribution in [3.8, 4) is 0 Å². The van der Waals surface area contributed by atoms with Gasteiger partial charge >= 0.3 is 0 Å². The van der Waals surface area contributed by atoms with Crippen LogP contribution in [0.4, 0.5) is 5.69 Å². The Morgan fingerprint density at radius 2 is 2.25 bits per heavy atom. The highest BCUT2D eigenvalue weighted by Crippen LogP contribution is 2.30. The number of rotatable bonds is 2. The Morgan fingerprint density at radius 1 is 1.50 bits per heavy atom. The van der Waals surface area contributed by atoms with Crippen molar-refractivity contribution in [1.82, 2.24) is 9.78 Å². The first-order valence-corrected chi connectivity index (χ1v) is 5.18. The molecule has 5 heteroatoms. The largest absolute Gasteiger partial charge is 0.397 e. The maximum Gasteiger partial charge on any atom is 0.109 e.